The van der Waals surface area contributed by atoms with Gasteiger partial charge in [0.25, 0.3) is 5.56 Å². The van der Waals surface area contributed by atoms with Crippen LogP contribution in [0.25, 0.3) is 11.1 Å². The zero-order valence-electron chi connectivity index (χ0n) is 8.53. The van der Waals surface area contributed by atoms with Crippen LogP contribution in [-0.4, -0.2) is 4.98 Å². The number of benzene rings is 1. The molecule has 82 valence electrons. The first-order valence-corrected chi connectivity index (χ1v) is 5.27. The fraction of sp³-hybridized carbons (Fsp3) is 0.0833. The summed E-state index contributed by atoms with van der Waals surface area (Å²) in [6.07, 6.45) is 1.60. The Labute approximate surface area is 97.9 Å². The van der Waals surface area contributed by atoms with Crippen molar-refractivity contribution in [1.29, 1.82) is 0 Å². The van der Waals surface area contributed by atoms with E-state index in [1.54, 1.807) is 12.3 Å². The minimum atomic E-state index is -0.167. The SMILES string of the molecule is NCc1c(-c2ccccc2Cl)cc[nH]c1=O. The van der Waals surface area contributed by atoms with Gasteiger partial charge in [-0.05, 0) is 17.7 Å². The maximum atomic E-state index is 11.6. The molecule has 1 aromatic carbocycles. The molecule has 0 saturated heterocycles. The third kappa shape index (κ3) is 1.87. The van der Waals surface area contributed by atoms with Gasteiger partial charge in [-0.3, -0.25) is 4.79 Å². The van der Waals surface area contributed by atoms with Crippen LogP contribution >= 0.6 is 11.6 Å². The van der Waals surface area contributed by atoms with Crippen molar-refractivity contribution in [3.8, 4) is 11.1 Å². The molecule has 0 radical (unpaired) electrons. The molecule has 0 aliphatic heterocycles. The molecule has 0 bridgehead atoms. The molecule has 1 aromatic heterocycles. The number of nitrogens with one attached hydrogen (secondary N) is 1. The van der Waals surface area contributed by atoms with E-state index in [0.717, 1.165) is 11.1 Å². The largest absolute Gasteiger partial charge is 0.329 e. The number of H-pyrrole nitrogens is 1. The van der Waals surface area contributed by atoms with Crippen LogP contribution in [0.2, 0.25) is 5.02 Å². The van der Waals surface area contributed by atoms with E-state index < -0.39 is 0 Å². The van der Waals surface area contributed by atoms with Crippen LogP contribution in [0.4, 0.5) is 0 Å². The average Bonchev–Trinajstić information content (AvgIpc) is 2.29. The number of rotatable bonds is 2. The summed E-state index contributed by atoms with van der Waals surface area (Å²) in [4.78, 5) is 14.2. The van der Waals surface area contributed by atoms with Gasteiger partial charge in [0.05, 0.1) is 0 Å². The topological polar surface area (TPSA) is 58.9 Å². The Kier molecular flexibility index (Phi) is 3.08. The summed E-state index contributed by atoms with van der Waals surface area (Å²) in [5.74, 6) is 0. The molecule has 0 aliphatic carbocycles. The monoisotopic (exact) mass is 234 g/mol. The quantitative estimate of drug-likeness (QED) is 0.837. The molecule has 1 heterocycles. The molecule has 0 aliphatic rings. The molecule has 0 atom stereocenters. The summed E-state index contributed by atoms with van der Waals surface area (Å²) in [5, 5.41) is 0.614. The van der Waals surface area contributed by atoms with E-state index in [1.807, 2.05) is 24.3 Å². The molecule has 0 fully saturated rings. The summed E-state index contributed by atoms with van der Waals surface area (Å²) in [7, 11) is 0. The Balaban J connectivity index is 2.70. The third-order valence-electron chi connectivity index (χ3n) is 2.43. The van der Waals surface area contributed by atoms with Crippen LogP contribution in [0.1, 0.15) is 5.56 Å². The number of nitrogens with two attached hydrogens (primary N) is 1. The summed E-state index contributed by atoms with van der Waals surface area (Å²) >= 11 is 6.09. The van der Waals surface area contributed by atoms with E-state index in [0.29, 0.717) is 10.6 Å². The highest BCUT2D eigenvalue weighted by Gasteiger charge is 2.09. The fourth-order valence-corrected chi connectivity index (χ4v) is 1.88. The van der Waals surface area contributed by atoms with Crippen molar-refractivity contribution in [2.24, 2.45) is 5.73 Å². The van der Waals surface area contributed by atoms with Gasteiger partial charge < -0.3 is 10.7 Å². The van der Waals surface area contributed by atoms with Crippen molar-refractivity contribution in [2.75, 3.05) is 0 Å². The van der Waals surface area contributed by atoms with Crippen molar-refractivity contribution in [3.05, 3.63) is 57.5 Å². The van der Waals surface area contributed by atoms with E-state index in [2.05, 4.69) is 4.98 Å². The number of hydrogen-bond acceptors (Lipinski definition) is 2. The molecule has 16 heavy (non-hydrogen) atoms. The van der Waals surface area contributed by atoms with Crippen molar-refractivity contribution in [1.82, 2.24) is 4.98 Å². The van der Waals surface area contributed by atoms with Crippen molar-refractivity contribution in [2.45, 2.75) is 6.54 Å². The second kappa shape index (κ2) is 4.51. The Morgan fingerprint density at radius 2 is 1.94 bits per heavy atom. The average molecular weight is 235 g/mol. The zero-order valence-corrected chi connectivity index (χ0v) is 9.29. The Morgan fingerprint density at radius 1 is 1.19 bits per heavy atom. The van der Waals surface area contributed by atoms with Crippen LogP contribution in [0.15, 0.2) is 41.3 Å². The lowest BCUT2D eigenvalue weighted by Gasteiger charge is -2.08. The van der Waals surface area contributed by atoms with Crippen LogP contribution in [0.5, 0.6) is 0 Å². The lowest BCUT2D eigenvalue weighted by atomic mass is 10.0. The molecule has 0 spiro atoms. The maximum absolute atomic E-state index is 11.6. The second-order valence-corrected chi connectivity index (χ2v) is 3.79. The van der Waals surface area contributed by atoms with Gasteiger partial charge in [0.2, 0.25) is 0 Å². The Hall–Kier alpha value is -1.58. The Bertz CT molecular complexity index is 563. The predicted molar refractivity (Wildman–Crippen MR) is 65.4 cm³/mol. The zero-order chi connectivity index (χ0) is 11.5. The van der Waals surface area contributed by atoms with Gasteiger partial charge in [0, 0.05) is 28.9 Å². The first kappa shape index (κ1) is 10.9. The Morgan fingerprint density at radius 3 is 2.62 bits per heavy atom. The lowest BCUT2D eigenvalue weighted by Crippen LogP contribution is -2.16. The molecule has 3 nitrogen and oxygen atoms in total. The predicted octanol–water partition coefficient (Wildman–Crippen LogP) is 2.15. The molecule has 2 aromatic rings. The van der Waals surface area contributed by atoms with E-state index in [9.17, 15) is 4.79 Å². The number of halogens is 1. The third-order valence-corrected chi connectivity index (χ3v) is 2.76. The van der Waals surface area contributed by atoms with Crippen molar-refractivity contribution >= 4 is 11.6 Å². The van der Waals surface area contributed by atoms with Gasteiger partial charge in [-0.25, -0.2) is 0 Å². The van der Waals surface area contributed by atoms with E-state index >= 15 is 0 Å². The number of pyridine rings is 1. The van der Waals surface area contributed by atoms with Crippen LogP contribution in [0, 0.1) is 0 Å². The van der Waals surface area contributed by atoms with Crippen LogP contribution < -0.4 is 11.3 Å². The van der Waals surface area contributed by atoms with Gasteiger partial charge in [0.1, 0.15) is 0 Å². The van der Waals surface area contributed by atoms with E-state index in [1.165, 1.54) is 0 Å². The summed E-state index contributed by atoms with van der Waals surface area (Å²) in [5.41, 5.74) is 7.58. The lowest BCUT2D eigenvalue weighted by molar-refractivity contribution is 1.02. The first-order valence-electron chi connectivity index (χ1n) is 4.89. The van der Waals surface area contributed by atoms with Crippen LogP contribution in [0.3, 0.4) is 0 Å². The summed E-state index contributed by atoms with van der Waals surface area (Å²) in [6.45, 7) is 0.191. The molecule has 0 amide bonds. The number of hydrogen-bond donors (Lipinski definition) is 2. The van der Waals surface area contributed by atoms with E-state index in [-0.39, 0.29) is 12.1 Å². The standard InChI is InChI=1S/C12H11ClN2O/c13-11-4-2-1-3-9(11)8-5-6-15-12(16)10(8)7-14/h1-6H,7,14H2,(H,15,16). The molecular weight excluding hydrogens is 224 g/mol. The van der Waals surface area contributed by atoms with Crippen molar-refractivity contribution in [3.63, 3.8) is 0 Å². The molecule has 2 rings (SSSR count). The van der Waals surface area contributed by atoms with E-state index in [4.69, 9.17) is 17.3 Å². The van der Waals surface area contributed by atoms with Gasteiger partial charge in [-0.2, -0.15) is 0 Å². The first-order chi connectivity index (χ1) is 7.74. The van der Waals surface area contributed by atoms with Gasteiger partial charge in [-0.1, -0.05) is 29.8 Å². The highest BCUT2D eigenvalue weighted by molar-refractivity contribution is 6.33. The van der Waals surface area contributed by atoms with Gasteiger partial charge >= 0.3 is 0 Å². The summed E-state index contributed by atoms with van der Waals surface area (Å²) in [6, 6.07) is 9.20. The van der Waals surface area contributed by atoms with Gasteiger partial charge in [-0.15, -0.1) is 0 Å². The highest BCUT2D eigenvalue weighted by atomic mass is 35.5. The molecule has 3 N–H and O–H groups in total. The molecular formula is C12H11ClN2O. The molecule has 0 unspecified atom stereocenters. The smallest absolute Gasteiger partial charge is 0.253 e. The number of aromatic amines is 1. The molecule has 4 heteroatoms. The minimum Gasteiger partial charge on any atom is -0.329 e. The number of aromatic nitrogens is 1. The normalized spacial score (nSPS) is 10.4. The van der Waals surface area contributed by atoms with Crippen LogP contribution in [-0.2, 0) is 6.54 Å². The van der Waals surface area contributed by atoms with Crippen molar-refractivity contribution < 1.29 is 0 Å². The highest BCUT2D eigenvalue weighted by Crippen LogP contribution is 2.28. The molecule has 0 saturated carbocycles. The van der Waals surface area contributed by atoms with Gasteiger partial charge in [0.15, 0.2) is 0 Å². The fourth-order valence-electron chi connectivity index (χ4n) is 1.65. The summed E-state index contributed by atoms with van der Waals surface area (Å²) < 4.78 is 0. The second-order valence-electron chi connectivity index (χ2n) is 3.38. The maximum Gasteiger partial charge on any atom is 0.253 e. The minimum absolute atomic E-state index is 0.167.